The molecular formula is C13H12F2N2. The molecule has 1 aromatic carbocycles. The Bertz CT molecular complexity index is 514. The Morgan fingerprint density at radius 2 is 1.94 bits per heavy atom. The molecule has 2 aromatic rings. The van der Waals surface area contributed by atoms with Crippen molar-refractivity contribution in [1.82, 2.24) is 10.3 Å². The van der Waals surface area contributed by atoms with Gasteiger partial charge >= 0.3 is 0 Å². The van der Waals surface area contributed by atoms with Gasteiger partial charge < -0.3 is 5.32 Å². The molecule has 88 valence electrons. The molecule has 0 bridgehead atoms. The standard InChI is InChI=1S/C13H12F2N2/c1-16-13(9-6-10(14)8-17-7-9)11-4-2-3-5-12(11)15/h2-8,13,16H,1H3. The maximum Gasteiger partial charge on any atom is 0.141 e. The third-order valence-electron chi connectivity index (χ3n) is 2.56. The monoisotopic (exact) mass is 234 g/mol. The summed E-state index contributed by atoms with van der Waals surface area (Å²) in [5, 5.41) is 2.96. The molecule has 1 heterocycles. The number of benzene rings is 1. The molecule has 0 aliphatic heterocycles. The first kappa shape index (κ1) is 11.7. The van der Waals surface area contributed by atoms with Crippen molar-refractivity contribution >= 4 is 0 Å². The van der Waals surface area contributed by atoms with Gasteiger partial charge in [-0.2, -0.15) is 0 Å². The predicted molar refractivity (Wildman–Crippen MR) is 61.5 cm³/mol. The van der Waals surface area contributed by atoms with Crippen LogP contribution in [0.25, 0.3) is 0 Å². The molecular weight excluding hydrogens is 222 g/mol. The van der Waals surface area contributed by atoms with Crippen molar-refractivity contribution in [3.8, 4) is 0 Å². The number of nitrogens with zero attached hydrogens (tertiary/aromatic N) is 1. The van der Waals surface area contributed by atoms with Crippen molar-refractivity contribution in [2.75, 3.05) is 7.05 Å². The molecule has 0 amide bonds. The Balaban J connectivity index is 2.44. The average molecular weight is 234 g/mol. The van der Waals surface area contributed by atoms with E-state index in [0.29, 0.717) is 11.1 Å². The van der Waals surface area contributed by atoms with Gasteiger partial charge in [-0.3, -0.25) is 4.98 Å². The van der Waals surface area contributed by atoms with E-state index in [1.165, 1.54) is 18.3 Å². The normalized spacial score (nSPS) is 12.4. The van der Waals surface area contributed by atoms with Crippen LogP contribution in [0.1, 0.15) is 17.2 Å². The lowest BCUT2D eigenvalue weighted by Crippen LogP contribution is -2.19. The summed E-state index contributed by atoms with van der Waals surface area (Å²) < 4.78 is 26.8. The molecule has 0 saturated heterocycles. The summed E-state index contributed by atoms with van der Waals surface area (Å²) in [7, 11) is 1.70. The molecule has 0 fully saturated rings. The number of rotatable bonds is 3. The number of halogens is 2. The minimum absolute atomic E-state index is 0.323. The first-order valence-electron chi connectivity index (χ1n) is 5.24. The molecule has 0 spiro atoms. The van der Waals surface area contributed by atoms with Crippen LogP contribution < -0.4 is 5.32 Å². The van der Waals surface area contributed by atoms with E-state index in [-0.39, 0.29) is 5.82 Å². The molecule has 0 aliphatic carbocycles. The second-order valence-electron chi connectivity index (χ2n) is 3.68. The van der Waals surface area contributed by atoms with E-state index < -0.39 is 11.9 Å². The molecule has 2 nitrogen and oxygen atoms in total. The number of aromatic nitrogens is 1. The molecule has 0 aliphatic rings. The van der Waals surface area contributed by atoms with Gasteiger partial charge in [0, 0.05) is 11.8 Å². The van der Waals surface area contributed by atoms with Gasteiger partial charge in [0.1, 0.15) is 11.6 Å². The van der Waals surface area contributed by atoms with Crippen molar-refractivity contribution in [2.24, 2.45) is 0 Å². The maximum atomic E-state index is 13.7. The summed E-state index contributed by atoms with van der Waals surface area (Å²) in [5.41, 5.74) is 1.07. The molecule has 1 unspecified atom stereocenters. The van der Waals surface area contributed by atoms with Crippen LogP contribution in [0.2, 0.25) is 0 Å². The number of pyridine rings is 1. The summed E-state index contributed by atoms with van der Waals surface area (Å²) in [6.45, 7) is 0. The van der Waals surface area contributed by atoms with Crippen molar-refractivity contribution < 1.29 is 8.78 Å². The van der Waals surface area contributed by atoms with E-state index >= 15 is 0 Å². The Labute approximate surface area is 98.3 Å². The number of nitrogens with one attached hydrogen (secondary N) is 1. The zero-order valence-corrected chi connectivity index (χ0v) is 9.32. The second-order valence-corrected chi connectivity index (χ2v) is 3.68. The van der Waals surface area contributed by atoms with E-state index in [0.717, 1.165) is 6.20 Å². The SMILES string of the molecule is CNC(c1cncc(F)c1)c1ccccc1F. The van der Waals surface area contributed by atoms with E-state index in [9.17, 15) is 8.78 Å². The lowest BCUT2D eigenvalue weighted by molar-refractivity contribution is 0.569. The zero-order valence-electron chi connectivity index (χ0n) is 9.32. The third kappa shape index (κ3) is 2.47. The van der Waals surface area contributed by atoms with Gasteiger partial charge in [-0.15, -0.1) is 0 Å². The Hall–Kier alpha value is -1.81. The zero-order chi connectivity index (χ0) is 12.3. The highest BCUT2D eigenvalue weighted by atomic mass is 19.1. The summed E-state index contributed by atoms with van der Waals surface area (Å²) in [6.07, 6.45) is 2.65. The molecule has 0 radical (unpaired) electrons. The van der Waals surface area contributed by atoms with Crippen molar-refractivity contribution in [1.29, 1.82) is 0 Å². The molecule has 1 aromatic heterocycles. The van der Waals surface area contributed by atoms with Crippen molar-refractivity contribution in [3.63, 3.8) is 0 Å². The van der Waals surface area contributed by atoms with Gasteiger partial charge in [0.2, 0.25) is 0 Å². The van der Waals surface area contributed by atoms with Crippen LogP contribution in [0.5, 0.6) is 0 Å². The first-order valence-corrected chi connectivity index (χ1v) is 5.24. The summed E-state index contributed by atoms with van der Waals surface area (Å²) in [6, 6.07) is 7.36. The Kier molecular flexibility index (Phi) is 3.44. The lowest BCUT2D eigenvalue weighted by Gasteiger charge is -2.17. The van der Waals surface area contributed by atoms with Crippen LogP contribution in [0, 0.1) is 11.6 Å². The van der Waals surface area contributed by atoms with Gasteiger partial charge in [-0.05, 0) is 24.7 Å². The van der Waals surface area contributed by atoms with Gasteiger partial charge in [0.15, 0.2) is 0 Å². The fourth-order valence-electron chi connectivity index (χ4n) is 1.80. The highest BCUT2D eigenvalue weighted by molar-refractivity contribution is 5.31. The second kappa shape index (κ2) is 5.01. The Morgan fingerprint density at radius 1 is 1.18 bits per heavy atom. The van der Waals surface area contributed by atoms with Crippen LogP contribution >= 0.6 is 0 Å². The largest absolute Gasteiger partial charge is 0.309 e. The molecule has 2 rings (SSSR count). The van der Waals surface area contributed by atoms with Crippen LogP contribution in [0.4, 0.5) is 8.78 Å². The van der Waals surface area contributed by atoms with Crippen LogP contribution in [-0.2, 0) is 0 Å². The minimum Gasteiger partial charge on any atom is -0.309 e. The van der Waals surface area contributed by atoms with Gasteiger partial charge in [0.25, 0.3) is 0 Å². The maximum absolute atomic E-state index is 13.7. The predicted octanol–water partition coefficient (Wildman–Crippen LogP) is 2.67. The van der Waals surface area contributed by atoms with Crippen LogP contribution in [0.3, 0.4) is 0 Å². The number of hydrogen-bond acceptors (Lipinski definition) is 2. The van der Waals surface area contributed by atoms with Crippen LogP contribution in [-0.4, -0.2) is 12.0 Å². The molecule has 1 atom stereocenters. The highest BCUT2D eigenvalue weighted by Gasteiger charge is 2.16. The van der Waals surface area contributed by atoms with Crippen LogP contribution in [0.15, 0.2) is 42.7 Å². The van der Waals surface area contributed by atoms with Crippen molar-refractivity contribution in [2.45, 2.75) is 6.04 Å². The fourth-order valence-corrected chi connectivity index (χ4v) is 1.80. The Morgan fingerprint density at radius 3 is 2.59 bits per heavy atom. The fraction of sp³-hybridized carbons (Fsp3) is 0.154. The minimum atomic E-state index is -0.431. The number of hydrogen-bond donors (Lipinski definition) is 1. The van der Waals surface area contributed by atoms with Gasteiger partial charge in [-0.1, -0.05) is 18.2 Å². The molecule has 17 heavy (non-hydrogen) atoms. The van der Waals surface area contributed by atoms with E-state index in [2.05, 4.69) is 10.3 Å². The first-order chi connectivity index (χ1) is 8.22. The topological polar surface area (TPSA) is 24.9 Å². The average Bonchev–Trinajstić information content (AvgIpc) is 2.33. The molecule has 4 heteroatoms. The highest BCUT2D eigenvalue weighted by Crippen LogP contribution is 2.23. The van der Waals surface area contributed by atoms with E-state index in [1.807, 2.05) is 0 Å². The lowest BCUT2D eigenvalue weighted by atomic mass is 10.00. The van der Waals surface area contributed by atoms with E-state index in [1.54, 1.807) is 25.2 Å². The summed E-state index contributed by atoms with van der Waals surface area (Å²) >= 11 is 0. The van der Waals surface area contributed by atoms with Crippen molar-refractivity contribution in [3.05, 3.63) is 65.5 Å². The smallest absolute Gasteiger partial charge is 0.141 e. The third-order valence-corrected chi connectivity index (χ3v) is 2.56. The summed E-state index contributed by atoms with van der Waals surface area (Å²) in [4.78, 5) is 3.77. The van der Waals surface area contributed by atoms with E-state index in [4.69, 9.17) is 0 Å². The van der Waals surface area contributed by atoms with Gasteiger partial charge in [-0.25, -0.2) is 8.78 Å². The summed E-state index contributed by atoms with van der Waals surface area (Å²) in [5.74, 6) is -0.754. The molecule has 0 saturated carbocycles. The van der Waals surface area contributed by atoms with Gasteiger partial charge in [0.05, 0.1) is 12.2 Å². The molecule has 1 N–H and O–H groups in total. The quantitative estimate of drug-likeness (QED) is 0.883.